The third kappa shape index (κ3) is 6.18. The Balaban J connectivity index is 2.30. The molecule has 1 aromatic carbocycles. The Morgan fingerprint density at radius 2 is 1.67 bits per heavy atom. The van der Waals surface area contributed by atoms with Gasteiger partial charge in [-0.25, -0.2) is 0 Å². The molecule has 0 aliphatic rings. The summed E-state index contributed by atoms with van der Waals surface area (Å²) in [6, 6.07) is 8.88. The molecule has 2 nitrogen and oxygen atoms in total. The molecule has 0 heterocycles. The molecule has 0 aromatic heterocycles. The zero-order valence-electron chi connectivity index (χ0n) is 11.9. The predicted octanol–water partition coefficient (Wildman–Crippen LogP) is 2.99. The van der Waals surface area contributed by atoms with Crippen molar-refractivity contribution >= 4 is 0 Å². The maximum Gasteiger partial charge on any atom is 0.0434 e. The molecule has 102 valence electrons. The SMILES string of the molecule is CC(C)Cc1ccc(CNCC(C)CCO)cc1. The van der Waals surface area contributed by atoms with Crippen molar-refractivity contribution in [2.45, 2.75) is 40.2 Å². The summed E-state index contributed by atoms with van der Waals surface area (Å²) in [6.45, 7) is 8.82. The molecule has 0 amide bonds. The van der Waals surface area contributed by atoms with Gasteiger partial charge in [0.2, 0.25) is 0 Å². The van der Waals surface area contributed by atoms with Gasteiger partial charge in [-0.15, -0.1) is 0 Å². The van der Waals surface area contributed by atoms with Crippen LogP contribution in [0.3, 0.4) is 0 Å². The highest BCUT2D eigenvalue weighted by molar-refractivity contribution is 5.22. The fourth-order valence-corrected chi connectivity index (χ4v) is 2.05. The zero-order chi connectivity index (χ0) is 13.4. The van der Waals surface area contributed by atoms with E-state index in [9.17, 15) is 0 Å². The van der Waals surface area contributed by atoms with Crippen LogP contribution >= 0.6 is 0 Å². The summed E-state index contributed by atoms with van der Waals surface area (Å²) in [6.07, 6.45) is 2.03. The van der Waals surface area contributed by atoms with Gasteiger partial charge in [0.05, 0.1) is 0 Å². The molecule has 1 unspecified atom stereocenters. The van der Waals surface area contributed by atoms with Gasteiger partial charge in [-0.1, -0.05) is 45.0 Å². The minimum Gasteiger partial charge on any atom is -0.396 e. The summed E-state index contributed by atoms with van der Waals surface area (Å²) in [7, 11) is 0. The Morgan fingerprint density at radius 1 is 1.06 bits per heavy atom. The second-order valence-corrected chi connectivity index (χ2v) is 5.66. The predicted molar refractivity (Wildman–Crippen MR) is 77.6 cm³/mol. The van der Waals surface area contributed by atoms with Crippen LogP contribution in [0.15, 0.2) is 24.3 Å². The monoisotopic (exact) mass is 249 g/mol. The Bertz CT molecular complexity index is 318. The average molecular weight is 249 g/mol. The van der Waals surface area contributed by atoms with Crippen LogP contribution in [0.25, 0.3) is 0 Å². The lowest BCUT2D eigenvalue weighted by Gasteiger charge is -2.11. The van der Waals surface area contributed by atoms with Crippen molar-refractivity contribution < 1.29 is 5.11 Å². The van der Waals surface area contributed by atoms with E-state index in [0.717, 1.165) is 25.9 Å². The second kappa shape index (κ2) is 8.28. The first-order valence-electron chi connectivity index (χ1n) is 7.01. The van der Waals surface area contributed by atoms with Crippen LogP contribution in [0.5, 0.6) is 0 Å². The van der Waals surface area contributed by atoms with Crippen molar-refractivity contribution in [1.82, 2.24) is 5.32 Å². The van der Waals surface area contributed by atoms with E-state index in [1.54, 1.807) is 0 Å². The van der Waals surface area contributed by atoms with Crippen LogP contribution < -0.4 is 5.32 Å². The summed E-state index contributed by atoms with van der Waals surface area (Å²) < 4.78 is 0. The number of aliphatic hydroxyl groups is 1. The number of aliphatic hydroxyl groups excluding tert-OH is 1. The molecule has 0 radical (unpaired) electrons. The van der Waals surface area contributed by atoms with Gasteiger partial charge in [0, 0.05) is 13.2 Å². The van der Waals surface area contributed by atoms with Gasteiger partial charge in [-0.3, -0.25) is 0 Å². The van der Waals surface area contributed by atoms with Gasteiger partial charge in [-0.05, 0) is 42.3 Å². The Kier molecular flexibility index (Phi) is 6.99. The van der Waals surface area contributed by atoms with E-state index in [0.29, 0.717) is 11.8 Å². The van der Waals surface area contributed by atoms with Crippen molar-refractivity contribution in [2.75, 3.05) is 13.2 Å². The molecule has 1 rings (SSSR count). The molecule has 2 N–H and O–H groups in total. The van der Waals surface area contributed by atoms with Crippen LogP contribution in [0.1, 0.15) is 38.3 Å². The van der Waals surface area contributed by atoms with Crippen LogP contribution in [0.4, 0.5) is 0 Å². The van der Waals surface area contributed by atoms with Gasteiger partial charge < -0.3 is 10.4 Å². The van der Waals surface area contributed by atoms with Crippen molar-refractivity contribution in [3.05, 3.63) is 35.4 Å². The quantitative estimate of drug-likeness (QED) is 0.742. The molecular formula is C16H27NO. The van der Waals surface area contributed by atoms with E-state index in [4.69, 9.17) is 5.11 Å². The van der Waals surface area contributed by atoms with E-state index in [2.05, 4.69) is 50.4 Å². The fourth-order valence-electron chi connectivity index (χ4n) is 2.05. The molecular weight excluding hydrogens is 222 g/mol. The van der Waals surface area contributed by atoms with Crippen molar-refractivity contribution in [1.29, 1.82) is 0 Å². The number of hydrogen-bond acceptors (Lipinski definition) is 2. The summed E-state index contributed by atoms with van der Waals surface area (Å²) >= 11 is 0. The number of benzene rings is 1. The highest BCUT2D eigenvalue weighted by Gasteiger charge is 2.01. The molecule has 0 bridgehead atoms. The van der Waals surface area contributed by atoms with Crippen molar-refractivity contribution in [3.8, 4) is 0 Å². The van der Waals surface area contributed by atoms with Gasteiger partial charge in [0.15, 0.2) is 0 Å². The summed E-state index contributed by atoms with van der Waals surface area (Å²) in [4.78, 5) is 0. The first kappa shape index (κ1) is 15.2. The molecule has 2 heteroatoms. The highest BCUT2D eigenvalue weighted by atomic mass is 16.3. The third-order valence-electron chi connectivity index (χ3n) is 3.11. The maximum atomic E-state index is 8.83. The minimum atomic E-state index is 0.284. The lowest BCUT2D eigenvalue weighted by molar-refractivity contribution is 0.260. The summed E-state index contributed by atoms with van der Waals surface area (Å²) in [5, 5.41) is 12.3. The fraction of sp³-hybridized carbons (Fsp3) is 0.625. The second-order valence-electron chi connectivity index (χ2n) is 5.66. The van der Waals surface area contributed by atoms with Crippen LogP contribution in [-0.4, -0.2) is 18.3 Å². The lowest BCUT2D eigenvalue weighted by Crippen LogP contribution is -2.21. The Hall–Kier alpha value is -0.860. The molecule has 0 aliphatic heterocycles. The smallest absolute Gasteiger partial charge is 0.0434 e. The van der Waals surface area contributed by atoms with Gasteiger partial charge in [0.1, 0.15) is 0 Å². The normalized spacial score (nSPS) is 12.9. The van der Waals surface area contributed by atoms with Crippen LogP contribution in [0, 0.1) is 11.8 Å². The summed E-state index contributed by atoms with van der Waals surface area (Å²) in [5.41, 5.74) is 2.75. The van der Waals surface area contributed by atoms with Crippen LogP contribution in [0.2, 0.25) is 0 Å². The molecule has 18 heavy (non-hydrogen) atoms. The van der Waals surface area contributed by atoms with Gasteiger partial charge >= 0.3 is 0 Å². The molecule has 0 aliphatic carbocycles. The molecule has 0 saturated heterocycles. The molecule has 0 saturated carbocycles. The largest absolute Gasteiger partial charge is 0.396 e. The maximum absolute atomic E-state index is 8.83. The highest BCUT2D eigenvalue weighted by Crippen LogP contribution is 2.10. The number of nitrogens with one attached hydrogen (secondary N) is 1. The average Bonchev–Trinajstić information content (AvgIpc) is 2.31. The Morgan fingerprint density at radius 3 is 2.22 bits per heavy atom. The Labute approximate surface area is 111 Å². The minimum absolute atomic E-state index is 0.284. The molecule has 0 spiro atoms. The first-order valence-corrected chi connectivity index (χ1v) is 7.01. The summed E-state index contributed by atoms with van der Waals surface area (Å²) in [5.74, 6) is 1.25. The van der Waals surface area contributed by atoms with Gasteiger partial charge in [-0.2, -0.15) is 0 Å². The molecule has 1 aromatic rings. The topological polar surface area (TPSA) is 32.3 Å². The number of rotatable bonds is 8. The third-order valence-corrected chi connectivity index (χ3v) is 3.11. The van der Waals surface area contributed by atoms with E-state index < -0.39 is 0 Å². The standard InChI is InChI=1S/C16H27NO/c1-13(2)10-15-4-6-16(7-5-15)12-17-11-14(3)8-9-18/h4-7,13-14,17-18H,8-12H2,1-3H3. The number of hydrogen-bond donors (Lipinski definition) is 2. The zero-order valence-corrected chi connectivity index (χ0v) is 11.9. The van der Waals surface area contributed by atoms with E-state index in [-0.39, 0.29) is 6.61 Å². The first-order chi connectivity index (χ1) is 8.61. The lowest BCUT2D eigenvalue weighted by atomic mass is 10.0. The van der Waals surface area contributed by atoms with Crippen molar-refractivity contribution in [3.63, 3.8) is 0 Å². The molecule has 0 fully saturated rings. The van der Waals surface area contributed by atoms with E-state index in [1.807, 2.05) is 0 Å². The van der Waals surface area contributed by atoms with E-state index >= 15 is 0 Å². The van der Waals surface area contributed by atoms with E-state index in [1.165, 1.54) is 11.1 Å². The van der Waals surface area contributed by atoms with Gasteiger partial charge in [0.25, 0.3) is 0 Å². The van der Waals surface area contributed by atoms with Crippen molar-refractivity contribution in [2.24, 2.45) is 11.8 Å². The van der Waals surface area contributed by atoms with Crippen LogP contribution in [-0.2, 0) is 13.0 Å². The molecule has 1 atom stereocenters.